The Bertz CT molecular complexity index is 444. The monoisotopic (exact) mass is 244 g/mol. The molecule has 0 saturated heterocycles. The molecule has 7 heteroatoms. The van der Waals surface area contributed by atoms with Crippen LogP contribution in [0.15, 0.2) is 23.1 Å². The lowest BCUT2D eigenvalue weighted by Crippen LogP contribution is -1.94. The van der Waals surface area contributed by atoms with Crippen LogP contribution in [0, 0.1) is 0 Å². The Morgan fingerprint density at radius 2 is 1.86 bits per heavy atom. The third-order valence-corrected chi connectivity index (χ3v) is 2.78. The van der Waals surface area contributed by atoms with Gasteiger partial charge in [0, 0.05) is 5.56 Å². The molecule has 0 saturated carbocycles. The first-order valence-corrected chi connectivity index (χ1v) is 5.11. The average Bonchev–Trinajstić information content (AvgIpc) is 2.01. The Balaban J connectivity index is 3.28. The quantitative estimate of drug-likeness (QED) is 0.750. The van der Waals surface area contributed by atoms with E-state index < -0.39 is 32.1 Å². The maximum Gasteiger partial charge on any atom is 0.333 e. The molecule has 2 nitrogen and oxygen atoms in total. The zero-order valence-electron chi connectivity index (χ0n) is 6.55. The lowest BCUT2D eigenvalue weighted by atomic mass is 10.2. The predicted octanol–water partition coefficient (Wildman–Crippen LogP) is 2.94. The van der Waals surface area contributed by atoms with Gasteiger partial charge in [-0.3, -0.25) is 0 Å². The van der Waals surface area contributed by atoms with Crippen molar-refractivity contribution < 1.29 is 21.1 Å². The summed E-state index contributed by atoms with van der Waals surface area (Å²) in [6.07, 6.45) is -2.77. The molecule has 0 aliphatic carbocycles. The van der Waals surface area contributed by atoms with Crippen LogP contribution in [-0.4, -0.2) is 8.42 Å². The maximum atomic E-state index is 12.4. The van der Waals surface area contributed by atoms with E-state index in [-0.39, 0.29) is 0 Å². The van der Waals surface area contributed by atoms with Crippen molar-refractivity contribution in [3.63, 3.8) is 0 Å². The van der Waals surface area contributed by atoms with E-state index in [1.165, 1.54) is 0 Å². The number of benzene rings is 1. The van der Waals surface area contributed by atoms with Gasteiger partial charge >= 0.3 is 10.2 Å². The van der Waals surface area contributed by atoms with Gasteiger partial charge in [-0.2, -0.15) is 8.42 Å². The topological polar surface area (TPSA) is 34.1 Å². The van der Waals surface area contributed by atoms with Crippen LogP contribution >= 0.6 is 11.6 Å². The van der Waals surface area contributed by atoms with Gasteiger partial charge in [0.1, 0.15) is 4.90 Å². The Kier molecular flexibility index (Phi) is 3.06. The third-order valence-electron chi connectivity index (χ3n) is 1.47. The fourth-order valence-corrected chi connectivity index (χ4v) is 1.84. The minimum Gasteiger partial charge on any atom is -0.205 e. The van der Waals surface area contributed by atoms with Crippen molar-refractivity contribution >= 4 is 21.8 Å². The summed E-state index contributed by atoms with van der Waals surface area (Å²) < 4.78 is 57.4. The summed E-state index contributed by atoms with van der Waals surface area (Å²) in [6.45, 7) is 0. The van der Waals surface area contributed by atoms with Crippen LogP contribution in [-0.2, 0) is 10.2 Å². The zero-order chi connectivity index (χ0) is 10.9. The molecule has 1 aromatic rings. The van der Waals surface area contributed by atoms with Gasteiger partial charge in [-0.25, -0.2) is 8.78 Å². The van der Waals surface area contributed by atoms with E-state index in [9.17, 15) is 21.1 Å². The standard InChI is InChI=1S/C7H4ClF3O2S/c8-5-3-4(7(9)10)1-2-6(5)14(11,12)13/h1-3,7H. The van der Waals surface area contributed by atoms with Gasteiger partial charge < -0.3 is 0 Å². The molecule has 0 amide bonds. The first-order valence-electron chi connectivity index (χ1n) is 3.34. The molecule has 0 N–H and O–H groups in total. The molecule has 0 heterocycles. The Hall–Kier alpha value is -0.750. The van der Waals surface area contributed by atoms with E-state index in [2.05, 4.69) is 0 Å². The lowest BCUT2D eigenvalue weighted by molar-refractivity contribution is 0.151. The number of hydrogen-bond acceptors (Lipinski definition) is 2. The van der Waals surface area contributed by atoms with Gasteiger partial charge in [-0.15, -0.1) is 3.89 Å². The molecule has 78 valence electrons. The summed E-state index contributed by atoms with van der Waals surface area (Å²) in [5.74, 6) is 0. The lowest BCUT2D eigenvalue weighted by Gasteiger charge is -2.02. The van der Waals surface area contributed by atoms with Gasteiger partial charge in [-0.05, 0) is 12.1 Å². The summed E-state index contributed by atoms with van der Waals surface area (Å²) in [4.78, 5) is -0.802. The van der Waals surface area contributed by atoms with Crippen molar-refractivity contribution in [2.24, 2.45) is 0 Å². The molecule has 14 heavy (non-hydrogen) atoms. The number of rotatable bonds is 2. The van der Waals surface area contributed by atoms with Crippen molar-refractivity contribution in [2.75, 3.05) is 0 Å². The van der Waals surface area contributed by atoms with E-state index in [0.717, 1.165) is 12.1 Å². The second-order valence-corrected chi connectivity index (χ2v) is 4.15. The molecule has 0 bridgehead atoms. The van der Waals surface area contributed by atoms with Crippen molar-refractivity contribution in [3.8, 4) is 0 Å². The highest BCUT2D eigenvalue weighted by Gasteiger charge is 2.18. The highest BCUT2D eigenvalue weighted by atomic mass is 35.5. The molecule has 1 rings (SSSR count). The second-order valence-electron chi connectivity index (χ2n) is 2.43. The second kappa shape index (κ2) is 3.78. The SMILES string of the molecule is O=S(=O)(F)c1ccc(C(F)F)cc1Cl. The Morgan fingerprint density at radius 3 is 2.21 bits per heavy atom. The smallest absolute Gasteiger partial charge is 0.205 e. The molecule has 1 aromatic carbocycles. The summed E-state index contributed by atoms with van der Waals surface area (Å²) in [5.41, 5.74) is -0.456. The number of hydrogen-bond donors (Lipinski definition) is 0. The third kappa shape index (κ3) is 2.39. The largest absolute Gasteiger partial charge is 0.333 e. The molecule has 0 radical (unpaired) electrons. The van der Waals surface area contributed by atoms with Gasteiger partial charge in [0.05, 0.1) is 5.02 Å². The van der Waals surface area contributed by atoms with Crippen LogP contribution in [0.2, 0.25) is 5.02 Å². The molecule has 0 aliphatic rings. The Morgan fingerprint density at radius 1 is 1.29 bits per heavy atom. The fourth-order valence-electron chi connectivity index (χ4n) is 0.851. The first-order chi connectivity index (χ1) is 6.32. The van der Waals surface area contributed by atoms with Crippen molar-refractivity contribution in [2.45, 2.75) is 11.3 Å². The van der Waals surface area contributed by atoms with Crippen molar-refractivity contribution in [1.82, 2.24) is 0 Å². The van der Waals surface area contributed by atoms with Crippen molar-refractivity contribution in [3.05, 3.63) is 28.8 Å². The van der Waals surface area contributed by atoms with Gasteiger partial charge in [-0.1, -0.05) is 17.7 Å². The van der Waals surface area contributed by atoms with E-state index >= 15 is 0 Å². The summed E-state index contributed by atoms with van der Waals surface area (Å²) in [7, 11) is -4.95. The molecule has 0 aliphatic heterocycles. The molecular weight excluding hydrogens is 241 g/mol. The molecule has 0 spiro atoms. The summed E-state index contributed by atoms with van der Waals surface area (Å²) in [6, 6.07) is 2.24. The minimum absolute atomic E-state index is 0.456. The van der Waals surface area contributed by atoms with Crippen LogP contribution in [0.5, 0.6) is 0 Å². The predicted molar refractivity (Wildman–Crippen MR) is 44.7 cm³/mol. The molecular formula is C7H4ClF3O2S. The van der Waals surface area contributed by atoms with Crippen LogP contribution in [0.3, 0.4) is 0 Å². The fraction of sp³-hybridized carbons (Fsp3) is 0.143. The van der Waals surface area contributed by atoms with Crippen LogP contribution in [0.4, 0.5) is 12.7 Å². The Labute approximate surface area is 83.5 Å². The molecule has 0 atom stereocenters. The molecule has 0 fully saturated rings. The average molecular weight is 245 g/mol. The maximum absolute atomic E-state index is 12.4. The molecule has 0 unspecified atom stereocenters. The van der Waals surface area contributed by atoms with E-state index in [4.69, 9.17) is 11.6 Å². The zero-order valence-corrected chi connectivity index (χ0v) is 8.12. The van der Waals surface area contributed by atoms with E-state index in [0.29, 0.717) is 6.07 Å². The number of alkyl halides is 2. The summed E-state index contributed by atoms with van der Waals surface area (Å²) in [5, 5.41) is -0.551. The highest BCUT2D eigenvalue weighted by molar-refractivity contribution is 7.86. The van der Waals surface area contributed by atoms with Crippen LogP contribution < -0.4 is 0 Å². The van der Waals surface area contributed by atoms with Crippen molar-refractivity contribution in [1.29, 1.82) is 0 Å². The minimum atomic E-state index is -4.95. The molecule has 0 aromatic heterocycles. The van der Waals surface area contributed by atoms with Crippen LogP contribution in [0.25, 0.3) is 0 Å². The summed E-state index contributed by atoms with van der Waals surface area (Å²) >= 11 is 5.31. The first kappa shape index (κ1) is 11.3. The number of halogens is 4. The normalized spacial score (nSPS) is 12.1. The van der Waals surface area contributed by atoms with Crippen LogP contribution in [0.1, 0.15) is 12.0 Å². The van der Waals surface area contributed by atoms with E-state index in [1.54, 1.807) is 0 Å². The highest BCUT2D eigenvalue weighted by Crippen LogP contribution is 2.28. The van der Waals surface area contributed by atoms with Gasteiger partial charge in [0.2, 0.25) is 0 Å². The van der Waals surface area contributed by atoms with Gasteiger partial charge in [0.15, 0.2) is 0 Å². The van der Waals surface area contributed by atoms with E-state index in [1.807, 2.05) is 0 Å². The van der Waals surface area contributed by atoms with Gasteiger partial charge in [0.25, 0.3) is 6.43 Å².